The van der Waals surface area contributed by atoms with Gasteiger partial charge in [-0.15, -0.1) is 13.2 Å². The number of nitrogens with zero attached hydrogens (tertiary/aromatic N) is 2. The lowest BCUT2D eigenvalue weighted by Gasteiger charge is -2.39. The molecule has 0 N–H and O–H groups in total. The second-order valence-electron chi connectivity index (χ2n) is 4.35. The molecule has 1 rings (SSSR count). The van der Waals surface area contributed by atoms with Crippen molar-refractivity contribution in [3.63, 3.8) is 0 Å². The quantitative estimate of drug-likeness (QED) is 0.669. The number of rotatable bonds is 2. The molecule has 2 heteroatoms. The number of hydrogen-bond donors (Lipinski definition) is 0. The van der Waals surface area contributed by atoms with E-state index in [0.29, 0.717) is 0 Å². The van der Waals surface area contributed by atoms with Crippen molar-refractivity contribution in [3.8, 4) is 0 Å². The fourth-order valence-corrected chi connectivity index (χ4v) is 2.30. The lowest BCUT2D eigenvalue weighted by molar-refractivity contribution is 0.110. The van der Waals surface area contributed by atoms with E-state index in [4.69, 9.17) is 0 Å². The summed E-state index contributed by atoms with van der Waals surface area (Å²) in [5, 5.41) is 0. The minimum atomic E-state index is 0.772. The predicted molar refractivity (Wildman–Crippen MR) is 76.0 cm³/mol. The third kappa shape index (κ3) is 6.29. The van der Waals surface area contributed by atoms with Crippen LogP contribution in [0.2, 0.25) is 0 Å². The first-order valence-corrected chi connectivity index (χ1v) is 6.46. The summed E-state index contributed by atoms with van der Waals surface area (Å²) in [4.78, 5) is 4.76. The van der Waals surface area contributed by atoms with Crippen molar-refractivity contribution in [3.05, 3.63) is 13.2 Å². The number of hydrogen-bond acceptors (Lipinski definition) is 2. The lowest BCUT2D eigenvalue weighted by atomic mass is 9.89. The average molecular weight is 228 g/mol. The Labute approximate surface area is 103 Å². The standard InChI is InChI=1S/C10H22N2.C2H6.C2H4/c1-11(2)9-7-5-6-8-10(9)12(3)4;2*1-2/h9-10H,5-8H2,1-4H3;1-2H3;1-2H2. The van der Waals surface area contributed by atoms with E-state index in [2.05, 4.69) is 51.1 Å². The summed E-state index contributed by atoms with van der Waals surface area (Å²) in [6, 6.07) is 1.54. The smallest absolute Gasteiger partial charge is 0.0245 e. The topological polar surface area (TPSA) is 6.48 Å². The van der Waals surface area contributed by atoms with Crippen LogP contribution < -0.4 is 0 Å². The first-order valence-electron chi connectivity index (χ1n) is 6.46. The molecular formula is C14H32N2. The SMILES string of the molecule is C=C.CC.CN(C)C1CCCCC1N(C)C. The molecule has 2 nitrogen and oxygen atoms in total. The third-order valence-corrected chi connectivity index (χ3v) is 3.02. The van der Waals surface area contributed by atoms with Gasteiger partial charge in [-0.2, -0.15) is 0 Å². The third-order valence-electron chi connectivity index (χ3n) is 3.02. The molecule has 0 aromatic carbocycles. The molecule has 0 aromatic rings. The predicted octanol–water partition coefficient (Wildman–Crippen LogP) is 3.25. The zero-order chi connectivity index (χ0) is 13.1. The summed E-state index contributed by atoms with van der Waals surface area (Å²) in [7, 11) is 8.80. The van der Waals surface area contributed by atoms with Crippen molar-refractivity contribution in [1.82, 2.24) is 9.80 Å². The molecule has 0 radical (unpaired) electrons. The Bertz CT molecular complexity index is 128. The van der Waals surface area contributed by atoms with E-state index in [1.165, 1.54) is 25.7 Å². The number of likely N-dealkylation sites (N-methyl/N-ethyl adjacent to an activating group) is 2. The summed E-state index contributed by atoms with van der Waals surface area (Å²) < 4.78 is 0. The molecule has 0 saturated heterocycles. The van der Waals surface area contributed by atoms with E-state index in [9.17, 15) is 0 Å². The summed E-state index contributed by atoms with van der Waals surface area (Å²) in [5.41, 5.74) is 0. The fraction of sp³-hybridized carbons (Fsp3) is 0.857. The van der Waals surface area contributed by atoms with E-state index in [1.54, 1.807) is 0 Å². The second-order valence-corrected chi connectivity index (χ2v) is 4.35. The second kappa shape index (κ2) is 11.2. The molecule has 0 heterocycles. The van der Waals surface area contributed by atoms with Crippen LogP contribution in [0.3, 0.4) is 0 Å². The maximum absolute atomic E-state index is 3.00. The highest BCUT2D eigenvalue weighted by Gasteiger charge is 2.27. The molecule has 0 bridgehead atoms. The Balaban J connectivity index is 0. The van der Waals surface area contributed by atoms with Crippen LogP contribution in [0.5, 0.6) is 0 Å². The van der Waals surface area contributed by atoms with Crippen LogP contribution in [0.25, 0.3) is 0 Å². The average Bonchev–Trinajstić information content (AvgIpc) is 2.34. The van der Waals surface area contributed by atoms with Gasteiger partial charge in [0.25, 0.3) is 0 Å². The molecule has 0 aliphatic heterocycles. The molecule has 0 aromatic heterocycles. The van der Waals surface area contributed by atoms with Gasteiger partial charge < -0.3 is 9.80 Å². The monoisotopic (exact) mass is 228 g/mol. The van der Waals surface area contributed by atoms with Crippen molar-refractivity contribution < 1.29 is 0 Å². The van der Waals surface area contributed by atoms with E-state index in [0.717, 1.165) is 12.1 Å². The van der Waals surface area contributed by atoms with Crippen LogP contribution in [0.15, 0.2) is 13.2 Å². The van der Waals surface area contributed by atoms with Gasteiger partial charge in [0.2, 0.25) is 0 Å². The van der Waals surface area contributed by atoms with Gasteiger partial charge in [0, 0.05) is 12.1 Å². The molecule has 1 saturated carbocycles. The molecule has 0 spiro atoms. The first-order chi connectivity index (χ1) is 7.63. The van der Waals surface area contributed by atoms with Gasteiger partial charge >= 0.3 is 0 Å². The normalized spacial score (nSPS) is 24.2. The minimum Gasteiger partial charge on any atom is -0.305 e. The highest BCUT2D eigenvalue weighted by Crippen LogP contribution is 2.24. The van der Waals surface area contributed by atoms with Gasteiger partial charge in [0.15, 0.2) is 0 Å². The summed E-state index contributed by atoms with van der Waals surface area (Å²) in [6.45, 7) is 10.0. The highest BCUT2D eigenvalue weighted by atomic mass is 15.2. The van der Waals surface area contributed by atoms with E-state index in [1.807, 2.05) is 13.8 Å². The lowest BCUT2D eigenvalue weighted by Crippen LogP contribution is -2.48. The molecule has 98 valence electrons. The fourth-order valence-electron chi connectivity index (χ4n) is 2.30. The summed E-state index contributed by atoms with van der Waals surface area (Å²) >= 11 is 0. The zero-order valence-corrected chi connectivity index (χ0v) is 12.3. The Kier molecular flexibility index (Phi) is 12.6. The van der Waals surface area contributed by atoms with Crippen LogP contribution in [-0.4, -0.2) is 50.1 Å². The van der Waals surface area contributed by atoms with Gasteiger partial charge in [-0.05, 0) is 41.0 Å². The van der Waals surface area contributed by atoms with Crippen molar-refractivity contribution in [2.24, 2.45) is 0 Å². The van der Waals surface area contributed by atoms with Crippen molar-refractivity contribution in [1.29, 1.82) is 0 Å². The Morgan fingerprint density at radius 1 is 0.750 bits per heavy atom. The maximum atomic E-state index is 3.00. The van der Waals surface area contributed by atoms with Crippen molar-refractivity contribution in [2.75, 3.05) is 28.2 Å². The first kappa shape index (κ1) is 18.0. The Morgan fingerprint density at radius 3 is 1.19 bits per heavy atom. The van der Waals surface area contributed by atoms with Crippen LogP contribution in [0.1, 0.15) is 39.5 Å². The van der Waals surface area contributed by atoms with Gasteiger partial charge in [-0.1, -0.05) is 26.7 Å². The van der Waals surface area contributed by atoms with E-state index >= 15 is 0 Å². The molecule has 1 fully saturated rings. The molecule has 16 heavy (non-hydrogen) atoms. The van der Waals surface area contributed by atoms with Gasteiger partial charge in [-0.25, -0.2) is 0 Å². The summed E-state index contributed by atoms with van der Waals surface area (Å²) in [5.74, 6) is 0. The maximum Gasteiger partial charge on any atom is 0.0245 e. The minimum absolute atomic E-state index is 0.772. The van der Waals surface area contributed by atoms with Gasteiger partial charge in [0.05, 0.1) is 0 Å². The Morgan fingerprint density at radius 2 is 1.00 bits per heavy atom. The van der Waals surface area contributed by atoms with Crippen molar-refractivity contribution in [2.45, 2.75) is 51.6 Å². The van der Waals surface area contributed by atoms with Gasteiger partial charge in [0.1, 0.15) is 0 Å². The van der Waals surface area contributed by atoms with Crippen molar-refractivity contribution >= 4 is 0 Å². The molecule has 2 atom stereocenters. The zero-order valence-electron chi connectivity index (χ0n) is 12.3. The van der Waals surface area contributed by atoms with Crippen LogP contribution >= 0.6 is 0 Å². The van der Waals surface area contributed by atoms with Crippen LogP contribution in [0.4, 0.5) is 0 Å². The summed E-state index contributed by atoms with van der Waals surface area (Å²) in [6.07, 6.45) is 5.56. The molecule has 1 aliphatic carbocycles. The van der Waals surface area contributed by atoms with E-state index in [-0.39, 0.29) is 0 Å². The van der Waals surface area contributed by atoms with E-state index < -0.39 is 0 Å². The van der Waals surface area contributed by atoms with Crippen LogP contribution in [0, 0.1) is 0 Å². The largest absolute Gasteiger partial charge is 0.305 e. The Hall–Kier alpha value is -0.340. The molecule has 2 unspecified atom stereocenters. The van der Waals surface area contributed by atoms with Gasteiger partial charge in [-0.3, -0.25) is 0 Å². The highest BCUT2D eigenvalue weighted by molar-refractivity contribution is 4.85. The molecular weight excluding hydrogens is 196 g/mol. The molecule has 1 aliphatic rings. The van der Waals surface area contributed by atoms with Crippen LogP contribution in [-0.2, 0) is 0 Å². The molecule has 0 amide bonds.